The van der Waals surface area contributed by atoms with Crippen LogP contribution < -0.4 is 16.0 Å². The van der Waals surface area contributed by atoms with Crippen LogP contribution in [0.4, 0.5) is 5.69 Å². The lowest BCUT2D eigenvalue weighted by molar-refractivity contribution is -0.117. The van der Waals surface area contributed by atoms with E-state index in [1.54, 1.807) is 18.7 Å². The first-order valence-corrected chi connectivity index (χ1v) is 7.43. The van der Waals surface area contributed by atoms with E-state index in [0.29, 0.717) is 19.4 Å². The van der Waals surface area contributed by atoms with Gasteiger partial charge in [-0.1, -0.05) is 12.1 Å². The molecule has 0 saturated carbocycles. The minimum Gasteiger partial charge on any atom is -0.390 e. The van der Waals surface area contributed by atoms with Gasteiger partial charge in [-0.25, -0.2) is 0 Å². The Balaban J connectivity index is 1.84. The Morgan fingerprint density at radius 1 is 1.38 bits per heavy atom. The van der Waals surface area contributed by atoms with Crippen LogP contribution in [0.1, 0.15) is 32.3 Å². The highest BCUT2D eigenvalue weighted by atomic mass is 16.3. The molecule has 116 valence electrons. The third kappa shape index (κ3) is 4.81. The van der Waals surface area contributed by atoms with Crippen molar-refractivity contribution in [1.82, 2.24) is 5.32 Å². The second-order valence-corrected chi connectivity index (χ2v) is 6.37. The van der Waals surface area contributed by atoms with Crippen molar-refractivity contribution in [1.29, 1.82) is 0 Å². The highest BCUT2D eigenvalue weighted by Gasteiger charge is 2.27. The summed E-state index contributed by atoms with van der Waals surface area (Å²) in [6.45, 7) is 5.74. The van der Waals surface area contributed by atoms with Gasteiger partial charge in [-0.2, -0.15) is 0 Å². The van der Waals surface area contributed by atoms with Crippen molar-refractivity contribution in [2.75, 3.05) is 18.0 Å². The molecular formula is C16H25N3O2. The van der Waals surface area contributed by atoms with E-state index in [2.05, 4.69) is 5.32 Å². The van der Waals surface area contributed by atoms with Crippen molar-refractivity contribution in [3.8, 4) is 0 Å². The summed E-state index contributed by atoms with van der Waals surface area (Å²) in [6.07, 6.45) is 1.14. The number of hydrogen-bond donors (Lipinski definition) is 3. The molecular weight excluding hydrogens is 266 g/mol. The number of carbonyl (C=O) groups is 1. The molecule has 0 spiro atoms. The molecule has 1 atom stereocenters. The fourth-order valence-electron chi connectivity index (χ4n) is 2.41. The van der Waals surface area contributed by atoms with Crippen LogP contribution in [0.15, 0.2) is 24.3 Å². The van der Waals surface area contributed by atoms with Crippen molar-refractivity contribution in [3.05, 3.63) is 29.8 Å². The van der Waals surface area contributed by atoms with Crippen LogP contribution in [0.2, 0.25) is 0 Å². The number of anilines is 1. The maximum atomic E-state index is 11.8. The fraction of sp³-hybridized carbons (Fsp3) is 0.562. The van der Waals surface area contributed by atoms with Crippen LogP contribution >= 0.6 is 0 Å². The van der Waals surface area contributed by atoms with Gasteiger partial charge < -0.3 is 21.1 Å². The van der Waals surface area contributed by atoms with Gasteiger partial charge >= 0.3 is 0 Å². The first-order chi connectivity index (χ1) is 9.85. The number of hydrogen-bond acceptors (Lipinski definition) is 4. The number of rotatable bonds is 6. The lowest BCUT2D eigenvalue weighted by Crippen LogP contribution is -2.28. The maximum Gasteiger partial charge on any atom is 0.228 e. The Morgan fingerprint density at radius 3 is 2.57 bits per heavy atom. The van der Waals surface area contributed by atoms with E-state index in [0.717, 1.165) is 24.3 Å². The summed E-state index contributed by atoms with van der Waals surface area (Å²) in [5.74, 6) is 0.0959. The number of carbonyl (C=O) groups excluding carboxylic acids is 1. The Hall–Kier alpha value is -1.43. The largest absolute Gasteiger partial charge is 0.390 e. The minimum absolute atomic E-state index is 0.0549. The van der Waals surface area contributed by atoms with Crippen molar-refractivity contribution < 1.29 is 9.90 Å². The van der Waals surface area contributed by atoms with Gasteiger partial charge in [-0.15, -0.1) is 0 Å². The minimum atomic E-state index is -0.633. The van der Waals surface area contributed by atoms with Crippen molar-refractivity contribution in [3.63, 3.8) is 0 Å². The zero-order chi connectivity index (χ0) is 15.5. The summed E-state index contributed by atoms with van der Waals surface area (Å²) in [6, 6.07) is 7.90. The van der Waals surface area contributed by atoms with Gasteiger partial charge in [0.15, 0.2) is 0 Å². The van der Waals surface area contributed by atoms with Gasteiger partial charge in [0, 0.05) is 31.2 Å². The van der Waals surface area contributed by atoms with E-state index in [9.17, 15) is 9.90 Å². The average Bonchev–Trinajstić information content (AvgIpc) is 2.73. The average molecular weight is 291 g/mol. The molecule has 1 fully saturated rings. The molecule has 1 aromatic rings. The number of nitrogens with two attached hydrogens (primary N) is 1. The topological polar surface area (TPSA) is 78.6 Å². The maximum absolute atomic E-state index is 11.8. The molecule has 0 bridgehead atoms. The Bertz CT molecular complexity index is 479. The lowest BCUT2D eigenvalue weighted by atomic mass is 10.1. The van der Waals surface area contributed by atoms with Crippen LogP contribution in [0.25, 0.3) is 0 Å². The molecule has 0 radical (unpaired) electrons. The smallest absolute Gasteiger partial charge is 0.228 e. The summed E-state index contributed by atoms with van der Waals surface area (Å²) in [5, 5.41) is 12.9. The van der Waals surface area contributed by atoms with E-state index in [1.165, 1.54) is 0 Å². The molecule has 5 nitrogen and oxygen atoms in total. The van der Waals surface area contributed by atoms with Crippen LogP contribution in [0, 0.1) is 0 Å². The Labute approximate surface area is 126 Å². The summed E-state index contributed by atoms with van der Waals surface area (Å²) in [5.41, 5.74) is 7.24. The molecule has 1 aromatic carbocycles. The quantitative estimate of drug-likeness (QED) is 0.683. The SMILES string of the molecule is CC(C)(O)CCNCc1ccc(N2C[C@H](N)CC2=O)cc1. The molecule has 21 heavy (non-hydrogen) atoms. The Kier molecular flexibility index (Phi) is 4.98. The van der Waals surface area contributed by atoms with Crippen molar-refractivity contribution >= 4 is 11.6 Å². The van der Waals surface area contributed by atoms with Gasteiger partial charge in [0.2, 0.25) is 5.91 Å². The van der Waals surface area contributed by atoms with Crippen LogP contribution in [0.5, 0.6) is 0 Å². The molecule has 0 aliphatic carbocycles. The third-order valence-electron chi connectivity index (χ3n) is 3.65. The van der Waals surface area contributed by atoms with Crippen molar-refractivity contribution in [2.45, 2.75) is 44.9 Å². The lowest BCUT2D eigenvalue weighted by Gasteiger charge is -2.18. The van der Waals surface area contributed by atoms with E-state index >= 15 is 0 Å². The molecule has 5 heteroatoms. The zero-order valence-corrected chi connectivity index (χ0v) is 12.8. The predicted octanol–water partition coefficient (Wildman–Crippen LogP) is 1.00. The number of nitrogens with one attached hydrogen (secondary N) is 1. The van der Waals surface area contributed by atoms with Crippen molar-refractivity contribution in [2.24, 2.45) is 5.73 Å². The van der Waals surface area contributed by atoms with Gasteiger partial charge in [0.1, 0.15) is 0 Å². The van der Waals surface area contributed by atoms with E-state index in [1.807, 2.05) is 24.3 Å². The van der Waals surface area contributed by atoms with Gasteiger partial charge in [0.25, 0.3) is 0 Å². The van der Waals surface area contributed by atoms with Crippen LogP contribution in [0.3, 0.4) is 0 Å². The molecule has 0 unspecified atom stereocenters. The molecule has 1 amide bonds. The molecule has 1 aliphatic rings. The number of nitrogens with zero attached hydrogens (tertiary/aromatic N) is 1. The molecule has 1 saturated heterocycles. The van der Waals surface area contributed by atoms with Gasteiger partial charge in [-0.05, 0) is 44.5 Å². The number of benzene rings is 1. The Morgan fingerprint density at radius 2 is 2.05 bits per heavy atom. The summed E-state index contributed by atoms with van der Waals surface area (Å²) in [7, 11) is 0. The molecule has 1 heterocycles. The second kappa shape index (κ2) is 6.56. The molecule has 2 rings (SSSR count). The number of aliphatic hydroxyl groups is 1. The normalized spacial score (nSPS) is 19.3. The summed E-state index contributed by atoms with van der Waals surface area (Å²) >= 11 is 0. The summed E-state index contributed by atoms with van der Waals surface area (Å²) in [4.78, 5) is 13.5. The monoisotopic (exact) mass is 291 g/mol. The number of amides is 1. The van der Waals surface area contributed by atoms with Gasteiger partial charge in [0.05, 0.1) is 5.60 Å². The van der Waals surface area contributed by atoms with Gasteiger partial charge in [-0.3, -0.25) is 4.79 Å². The zero-order valence-electron chi connectivity index (χ0n) is 12.8. The first kappa shape index (κ1) is 15.9. The second-order valence-electron chi connectivity index (χ2n) is 6.37. The van der Waals surface area contributed by atoms with Crippen LogP contribution in [-0.2, 0) is 11.3 Å². The fourth-order valence-corrected chi connectivity index (χ4v) is 2.41. The summed E-state index contributed by atoms with van der Waals surface area (Å²) < 4.78 is 0. The first-order valence-electron chi connectivity index (χ1n) is 7.43. The standard InChI is InChI=1S/C16H25N3O2/c1-16(2,21)7-8-18-10-12-3-5-14(6-4-12)19-11-13(17)9-15(19)20/h3-6,13,18,21H,7-11,17H2,1-2H3/t13-/m1/s1. The predicted molar refractivity (Wildman–Crippen MR) is 84.0 cm³/mol. The van der Waals surface area contributed by atoms with E-state index in [4.69, 9.17) is 5.73 Å². The van der Waals surface area contributed by atoms with Crippen LogP contribution in [-0.4, -0.2) is 35.7 Å². The van der Waals surface area contributed by atoms with E-state index < -0.39 is 5.60 Å². The molecule has 4 N–H and O–H groups in total. The molecule has 0 aromatic heterocycles. The van der Waals surface area contributed by atoms with E-state index in [-0.39, 0.29) is 11.9 Å². The highest BCUT2D eigenvalue weighted by Crippen LogP contribution is 2.21. The highest BCUT2D eigenvalue weighted by molar-refractivity contribution is 5.96. The molecule has 1 aliphatic heterocycles. The third-order valence-corrected chi connectivity index (χ3v) is 3.65.